The Morgan fingerprint density at radius 1 is 1.35 bits per heavy atom. The molecule has 6 heteroatoms. The number of hydrogen-bond acceptors (Lipinski definition) is 4. The lowest BCUT2D eigenvalue weighted by Gasteiger charge is -2.02. The van der Waals surface area contributed by atoms with E-state index in [1.54, 1.807) is 11.8 Å². The molecule has 1 aromatic carbocycles. The Morgan fingerprint density at radius 3 is 2.71 bits per heavy atom. The van der Waals surface area contributed by atoms with Crippen molar-refractivity contribution in [2.45, 2.75) is 10.6 Å². The maximum Gasteiger partial charge on any atom is 0.252 e. The zero-order valence-corrected chi connectivity index (χ0v) is 10.4. The van der Waals surface area contributed by atoms with Gasteiger partial charge in [0.2, 0.25) is 5.95 Å². The van der Waals surface area contributed by atoms with Gasteiger partial charge in [0, 0.05) is 21.7 Å². The third kappa shape index (κ3) is 3.51. The molecule has 0 bridgehead atoms. The molecule has 1 aromatic heterocycles. The molecule has 2 rings (SSSR count). The highest BCUT2D eigenvalue weighted by atomic mass is 35.5. The molecule has 4 nitrogen and oxygen atoms in total. The minimum Gasteiger partial charge on any atom is -0.369 e. The Balaban J connectivity index is 2.07. The summed E-state index contributed by atoms with van der Waals surface area (Å²) in [6, 6.07) is 8.93. The van der Waals surface area contributed by atoms with E-state index in [1.165, 1.54) is 6.07 Å². The molecule has 0 saturated heterocycles. The molecule has 0 aliphatic carbocycles. The van der Waals surface area contributed by atoms with Crippen molar-refractivity contribution in [1.29, 1.82) is 0 Å². The number of anilines is 1. The van der Waals surface area contributed by atoms with Gasteiger partial charge in [-0.1, -0.05) is 11.6 Å². The first-order valence-corrected chi connectivity index (χ1v) is 6.24. The van der Waals surface area contributed by atoms with Gasteiger partial charge in [-0.3, -0.25) is 9.78 Å². The molecule has 0 fully saturated rings. The minimum atomic E-state index is -0.232. The van der Waals surface area contributed by atoms with Gasteiger partial charge in [0.25, 0.3) is 5.56 Å². The lowest BCUT2D eigenvalue weighted by molar-refractivity contribution is 1.07. The third-order valence-electron chi connectivity index (χ3n) is 2.01. The summed E-state index contributed by atoms with van der Waals surface area (Å²) >= 11 is 7.36. The number of benzene rings is 1. The molecule has 88 valence electrons. The number of nitrogens with zero attached hydrogens (tertiary/aromatic N) is 1. The summed E-state index contributed by atoms with van der Waals surface area (Å²) in [5.74, 6) is 0.736. The molecule has 0 amide bonds. The molecule has 2 aromatic rings. The summed E-state index contributed by atoms with van der Waals surface area (Å²) in [5.41, 5.74) is 5.88. The Kier molecular flexibility index (Phi) is 3.71. The zero-order valence-electron chi connectivity index (χ0n) is 8.81. The van der Waals surface area contributed by atoms with E-state index in [0.717, 1.165) is 4.90 Å². The summed E-state index contributed by atoms with van der Waals surface area (Å²) in [5, 5.41) is 0.702. The van der Waals surface area contributed by atoms with Crippen LogP contribution in [0, 0.1) is 0 Å². The van der Waals surface area contributed by atoms with Gasteiger partial charge in [-0.05, 0) is 24.3 Å². The van der Waals surface area contributed by atoms with Crippen LogP contribution in [0.2, 0.25) is 5.02 Å². The van der Waals surface area contributed by atoms with E-state index in [2.05, 4.69) is 9.97 Å². The van der Waals surface area contributed by atoms with E-state index in [-0.39, 0.29) is 11.5 Å². The maximum atomic E-state index is 11.2. The SMILES string of the molecule is Nc1nc(CSc2ccc(Cl)cc2)cc(=O)[nH]1. The molecule has 0 aliphatic heterocycles. The normalized spacial score (nSPS) is 10.4. The van der Waals surface area contributed by atoms with Crippen LogP contribution in [0.5, 0.6) is 0 Å². The van der Waals surface area contributed by atoms with Crippen LogP contribution in [-0.2, 0) is 5.75 Å². The van der Waals surface area contributed by atoms with Gasteiger partial charge in [0.1, 0.15) is 0 Å². The molecule has 1 heterocycles. The fraction of sp³-hybridized carbons (Fsp3) is 0.0909. The number of halogens is 1. The molecular weight excluding hydrogens is 258 g/mol. The van der Waals surface area contributed by atoms with Gasteiger partial charge in [0.05, 0.1) is 5.69 Å². The zero-order chi connectivity index (χ0) is 12.3. The summed E-state index contributed by atoms with van der Waals surface area (Å²) in [4.78, 5) is 18.7. The largest absolute Gasteiger partial charge is 0.369 e. The highest BCUT2D eigenvalue weighted by Crippen LogP contribution is 2.23. The van der Waals surface area contributed by atoms with Crippen molar-refractivity contribution in [3.8, 4) is 0 Å². The standard InChI is InChI=1S/C11H10ClN3OS/c12-7-1-3-9(4-2-7)17-6-8-5-10(16)15-11(13)14-8/h1-5H,6H2,(H3,13,14,15,16). The number of thioether (sulfide) groups is 1. The molecule has 0 atom stereocenters. The van der Waals surface area contributed by atoms with Gasteiger partial charge in [-0.2, -0.15) is 0 Å². The summed E-state index contributed by atoms with van der Waals surface area (Å²) < 4.78 is 0. The number of rotatable bonds is 3. The van der Waals surface area contributed by atoms with Gasteiger partial charge < -0.3 is 5.73 Å². The van der Waals surface area contributed by atoms with Gasteiger partial charge >= 0.3 is 0 Å². The predicted octanol–water partition coefficient (Wildman–Crippen LogP) is 2.30. The van der Waals surface area contributed by atoms with Crippen LogP contribution in [0.3, 0.4) is 0 Å². The molecule has 0 radical (unpaired) electrons. The van der Waals surface area contributed by atoms with Crippen LogP contribution in [-0.4, -0.2) is 9.97 Å². The number of aromatic nitrogens is 2. The summed E-state index contributed by atoms with van der Waals surface area (Å²) in [7, 11) is 0. The van der Waals surface area contributed by atoms with Crippen molar-refractivity contribution in [3.63, 3.8) is 0 Å². The van der Waals surface area contributed by atoms with E-state index < -0.39 is 0 Å². The van der Waals surface area contributed by atoms with Gasteiger partial charge in [-0.15, -0.1) is 11.8 Å². The molecule has 0 saturated carbocycles. The first-order chi connectivity index (χ1) is 8.13. The van der Waals surface area contributed by atoms with Crippen LogP contribution in [0.25, 0.3) is 0 Å². The molecule has 17 heavy (non-hydrogen) atoms. The van der Waals surface area contributed by atoms with Crippen LogP contribution < -0.4 is 11.3 Å². The second-order valence-corrected chi connectivity index (χ2v) is 4.85. The molecule has 3 N–H and O–H groups in total. The average molecular weight is 268 g/mol. The lowest BCUT2D eigenvalue weighted by atomic mass is 10.4. The van der Waals surface area contributed by atoms with E-state index in [1.807, 2.05) is 24.3 Å². The number of nitrogens with two attached hydrogens (primary N) is 1. The second kappa shape index (κ2) is 5.25. The van der Waals surface area contributed by atoms with Gasteiger partial charge in [-0.25, -0.2) is 4.98 Å². The summed E-state index contributed by atoms with van der Waals surface area (Å²) in [6.07, 6.45) is 0. The highest BCUT2D eigenvalue weighted by molar-refractivity contribution is 7.98. The van der Waals surface area contributed by atoms with Crippen molar-refractivity contribution < 1.29 is 0 Å². The Hall–Kier alpha value is -1.46. The monoisotopic (exact) mass is 267 g/mol. The Morgan fingerprint density at radius 2 is 2.06 bits per heavy atom. The third-order valence-corrected chi connectivity index (χ3v) is 3.31. The highest BCUT2D eigenvalue weighted by Gasteiger charge is 2.00. The fourth-order valence-corrected chi connectivity index (χ4v) is 2.21. The second-order valence-electron chi connectivity index (χ2n) is 3.36. The smallest absolute Gasteiger partial charge is 0.252 e. The van der Waals surface area contributed by atoms with Crippen LogP contribution in [0.15, 0.2) is 40.0 Å². The summed E-state index contributed by atoms with van der Waals surface area (Å²) in [6.45, 7) is 0. The van der Waals surface area contributed by atoms with Gasteiger partial charge in [0.15, 0.2) is 0 Å². The van der Waals surface area contributed by atoms with Crippen molar-refractivity contribution in [1.82, 2.24) is 9.97 Å². The van der Waals surface area contributed by atoms with Crippen LogP contribution in [0.4, 0.5) is 5.95 Å². The number of hydrogen-bond donors (Lipinski definition) is 2. The van der Waals surface area contributed by atoms with Crippen molar-refractivity contribution in [2.24, 2.45) is 0 Å². The number of nitrogens with one attached hydrogen (secondary N) is 1. The topological polar surface area (TPSA) is 71.8 Å². The minimum absolute atomic E-state index is 0.143. The fourth-order valence-electron chi connectivity index (χ4n) is 1.29. The van der Waals surface area contributed by atoms with E-state index in [4.69, 9.17) is 17.3 Å². The predicted molar refractivity (Wildman–Crippen MR) is 70.3 cm³/mol. The Bertz CT molecular complexity index is 568. The number of nitrogen functional groups attached to an aromatic ring is 1. The molecule has 0 unspecified atom stereocenters. The number of H-pyrrole nitrogens is 1. The molecule has 0 aliphatic rings. The first kappa shape index (κ1) is 12.0. The molecular formula is C11H10ClN3OS. The van der Waals surface area contributed by atoms with Crippen LogP contribution in [0.1, 0.15) is 5.69 Å². The maximum absolute atomic E-state index is 11.2. The van der Waals surface area contributed by atoms with Crippen LogP contribution >= 0.6 is 23.4 Å². The first-order valence-electron chi connectivity index (χ1n) is 4.87. The molecule has 0 spiro atoms. The van der Waals surface area contributed by atoms with Crippen molar-refractivity contribution in [3.05, 3.63) is 51.4 Å². The van der Waals surface area contributed by atoms with Crippen molar-refractivity contribution >= 4 is 29.3 Å². The van der Waals surface area contributed by atoms with E-state index in [0.29, 0.717) is 16.5 Å². The average Bonchev–Trinajstić information content (AvgIpc) is 2.27. The van der Waals surface area contributed by atoms with Crippen molar-refractivity contribution in [2.75, 3.05) is 5.73 Å². The van der Waals surface area contributed by atoms with E-state index >= 15 is 0 Å². The lowest BCUT2D eigenvalue weighted by Crippen LogP contribution is -2.11. The quantitative estimate of drug-likeness (QED) is 0.837. The Labute approximate surface area is 107 Å². The number of aromatic amines is 1. The van der Waals surface area contributed by atoms with E-state index in [9.17, 15) is 4.79 Å².